The highest BCUT2D eigenvalue weighted by atomic mass is 16.3. The number of amides is 1. The van der Waals surface area contributed by atoms with E-state index in [1.54, 1.807) is 13.0 Å². The highest BCUT2D eigenvalue weighted by Gasteiger charge is 2.58. The molecule has 0 bridgehead atoms. The fourth-order valence-electron chi connectivity index (χ4n) is 5.04. The Morgan fingerprint density at radius 3 is 2.50 bits per heavy atom. The van der Waals surface area contributed by atoms with Crippen LogP contribution in [0.3, 0.4) is 0 Å². The lowest BCUT2D eigenvalue weighted by Gasteiger charge is -2.46. The Kier molecular flexibility index (Phi) is 3.81. The zero-order chi connectivity index (χ0) is 20.5. The molecule has 0 heterocycles. The maximum absolute atomic E-state index is 13.1. The Balaban J connectivity index is 1.93. The van der Waals surface area contributed by atoms with Crippen LogP contribution in [0.15, 0.2) is 34.6 Å². The largest absolute Gasteiger partial charge is 0.508 e. The van der Waals surface area contributed by atoms with Gasteiger partial charge in [-0.3, -0.25) is 14.4 Å². The van der Waals surface area contributed by atoms with E-state index in [1.807, 2.05) is 6.92 Å². The summed E-state index contributed by atoms with van der Waals surface area (Å²) in [6.07, 6.45) is 0.923. The number of aliphatic hydroxyl groups is 2. The fourth-order valence-corrected chi connectivity index (χ4v) is 5.04. The summed E-state index contributed by atoms with van der Waals surface area (Å²) in [5, 5.41) is 32.3. The van der Waals surface area contributed by atoms with Crippen molar-refractivity contribution in [3.8, 4) is 5.75 Å². The number of Topliss-reactive ketones (excluding diaryl/α,β-unsaturated/α-hetero) is 2. The topological polar surface area (TPSA) is 138 Å². The van der Waals surface area contributed by atoms with E-state index in [2.05, 4.69) is 0 Å². The molecule has 5 N–H and O–H groups in total. The van der Waals surface area contributed by atoms with Crippen molar-refractivity contribution in [3.05, 3.63) is 51.3 Å². The van der Waals surface area contributed by atoms with E-state index < -0.39 is 34.8 Å². The zero-order valence-electron chi connectivity index (χ0n) is 15.6. The van der Waals surface area contributed by atoms with Crippen molar-refractivity contribution < 1.29 is 29.7 Å². The van der Waals surface area contributed by atoms with Crippen LogP contribution in [0, 0.1) is 18.8 Å². The number of benzene rings is 1. The van der Waals surface area contributed by atoms with Crippen LogP contribution in [0.4, 0.5) is 0 Å². The molecule has 1 aromatic rings. The first-order valence-corrected chi connectivity index (χ1v) is 9.15. The Hall–Kier alpha value is -2.93. The number of rotatable bonds is 1. The molecule has 146 valence electrons. The van der Waals surface area contributed by atoms with Gasteiger partial charge in [-0.05, 0) is 56.2 Å². The van der Waals surface area contributed by atoms with Crippen LogP contribution < -0.4 is 5.73 Å². The molecule has 0 fully saturated rings. The number of phenols is 1. The summed E-state index contributed by atoms with van der Waals surface area (Å²) in [7, 11) is 0. The van der Waals surface area contributed by atoms with Crippen molar-refractivity contribution in [2.75, 3.05) is 0 Å². The molecular weight excluding hydrogens is 362 g/mol. The van der Waals surface area contributed by atoms with Gasteiger partial charge < -0.3 is 21.1 Å². The highest BCUT2D eigenvalue weighted by molar-refractivity contribution is 6.24. The number of primary amides is 1. The average molecular weight is 383 g/mol. The minimum Gasteiger partial charge on any atom is -0.508 e. The van der Waals surface area contributed by atoms with Crippen LogP contribution in [-0.2, 0) is 16.0 Å². The van der Waals surface area contributed by atoms with Crippen molar-refractivity contribution in [1.29, 1.82) is 0 Å². The number of carbonyl (C=O) groups excluding carboxylic acids is 3. The SMILES string of the molecule is CC1=C(C(N)=O)C(=O)[C@@]2(O)C(O)=C3C(=O)c4c(O)ccc(C)c4C[C@H]3C[C@H]2C1. The number of fused-ring (bicyclic) bond motifs is 3. The van der Waals surface area contributed by atoms with Gasteiger partial charge in [-0.2, -0.15) is 0 Å². The van der Waals surface area contributed by atoms with E-state index >= 15 is 0 Å². The summed E-state index contributed by atoms with van der Waals surface area (Å²) in [6, 6.07) is 3.14. The number of aryl methyl sites for hydroxylation is 1. The molecule has 4 rings (SSSR count). The summed E-state index contributed by atoms with van der Waals surface area (Å²) in [6.45, 7) is 3.45. The van der Waals surface area contributed by atoms with Gasteiger partial charge in [0.2, 0.25) is 5.78 Å². The van der Waals surface area contributed by atoms with Gasteiger partial charge in [0.25, 0.3) is 5.91 Å². The number of allylic oxidation sites excluding steroid dienone is 2. The molecule has 0 radical (unpaired) electrons. The van der Waals surface area contributed by atoms with Gasteiger partial charge in [0, 0.05) is 11.5 Å². The Bertz CT molecular complexity index is 1030. The summed E-state index contributed by atoms with van der Waals surface area (Å²) in [4.78, 5) is 37.8. The van der Waals surface area contributed by atoms with Gasteiger partial charge in [-0.1, -0.05) is 11.6 Å². The fraction of sp³-hybridized carbons (Fsp3) is 0.381. The summed E-state index contributed by atoms with van der Waals surface area (Å²) in [5.74, 6) is -4.52. The highest BCUT2D eigenvalue weighted by Crippen LogP contribution is 2.51. The van der Waals surface area contributed by atoms with Crippen LogP contribution in [0.2, 0.25) is 0 Å². The molecule has 7 heteroatoms. The summed E-state index contributed by atoms with van der Waals surface area (Å²) >= 11 is 0. The smallest absolute Gasteiger partial charge is 0.252 e. The molecule has 0 spiro atoms. The average Bonchev–Trinajstić information content (AvgIpc) is 2.61. The van der Waals surface area contributed by atoms with Gasteiger partial charge in [0.1, 0.15) is 11.5 Å². The van der Waals surface area contributed by atoms with Crippen LogP contribution in [0.1, 0.15) is 41.3 Å². The van der Waals surface area contributed by atoms with Gasteiger partial charge in [0.05, 0.1) is 11.1 Å². The third-order valence-electron chi connectivity index (χ3n) is 6.43. The number of ketones is 2. The van der Waals surface area contributed by atoms with Crippen molar-refractivity contribution in [2.24, 2.45) is 17.6 Å². The Labute approximate surface area is 161 Å². The van der Waals surface area contributed by atoms with Gasteiger partial charge in [0.15, 0.2) is 11.4 Å². The third kappa shape index (κ3) is 2.16. The molecule has 7 nitrogen and oxygen atoms in total. The number of carbonyl (C=O) groups is 3. The summed E-state index contributed by atoms with van der Waals surface area (Å²) < 4.78 is 0. The van der Waals surface area contributed by atoms with E-state index in [1.165, 1.54) is 6.07 Å². The van der Waals surface area contributed by atoms with Crippen LogP contribution >= 0.6 is 0 Å². The van der Waals surface area contributed by atoms with Crippen LogP contribution in [-0.4, -0.2) is 38.4 Å². The molecular formula is C21H21NO6. The molecule has 28 heavy (non-hydrogen) atoms. The lowest BCUT2D eigenvalue weighted by atomic mass is 9.59. The Morgan fingerprint density at radius 1 is 1.18 bits per heavy atom. The molecule has 3 aliphatic carbocycles. The number of aliphatic hydroxyl groups excluding tert-OH is 1. The van der Waals surface area contributed by atoms with Gasteiger partial charge in [-0.25, -0.2) is 0 Å². The van der Waals surface area contributed by atoms with Crippen molar-refractivity contribution >= 4 is 17.5 Å². The monoisotopic (exact) mass is 383 g/mol. The number of phenolic OH excluding ortho intramolecular Hbond substituents is 1. The second kappa shape index (κ2) is 5.78. The molecule has 0 unspecified atom stereocenters. The zero-order valence-corrected chi connectivity index (χ0v) is 15.6. The lowest BCUT2D eigenvalue weighted by molar-refractivity contribution is -0.143. The first-order valence-electron chi connectivity index (χ1n) is 9.15. The standard InChI is InChI=1S/C21H21NO6/c1-8-3-4-13(23)16-12(8)7-10-6-11-5-9(2)14(20(22)27)18(25)21(11,28)19(26)15(10)17(16)24/h3-4,10-11,23,26,28H,5-7H2,1-2H3,(H2,22,27)/t10-,11-,21-/m1/s1. The maximum Gasteiger partial charge on any atom is 0.252 e. The molecule has 1 amide bonds. The minimum atomic E-state index is -2.36. The quantitative estimate of drug-likeness (QED) is 0.541. The summed E-state index contributed by atoms with van der Waals surface area (Å²) in [5.41, 5.74) is 4.68. The number of aromatic hydroxyl groups is 1. The minimum absolute atomic E-state index is 0.0659. The molecule has 3 aliphatic rings. The van der Waals surface area contributed by atoms with Crippen molar-refractivity contribution in [2.45, 2.75) is 38.7 Å². The van der Waals surface area contributed by atoms with E-state index in [4.69, 9.17) is 5.73 Å². The van der Waals surface area contributed by atoms with E-state index in [9.17, 15) is 29.7 Å². The molecule has 0 saturated heterocycles. The third-order valence-corrected chi connectivity index (χ3v) is 6.43. The predicted octanol–water partition coefficient (Wildman–Crippen LogP) is 1.39. The van der Waals surface area contributed by atoms with Gasteiger partial charge in [-0.15, -0.1) is 0 Å². The first-order chi connectivity index (χ1) is 13.1. The molecule has 3 atom stereocenters. The predicted molar refractivity (Wildman–Crippen MR) is 98.6 cm³/mol. The Morgan fingerprint density at radius 2 is 1.86 bits per heavy atom. The van der Waals surface area contributed by atoms with E-state index in [0.29, 0.717) is 24.0 Å². The number of nitrogens with two attached hydrogens (primary N) is 1. The van der Waals surface area contributed by atoms with E-state index in [0.717, 1.165) is 5.56 Å². The number of hydrogen-bond acceptors (Lipinski definition) is 6. The van der Waals surface area contributed by atoms with Crippen LogP contribution in [0.5, 0.6) is 5.75 Å². The second-order valence-corrected chi connectivity index (χ2v) is 8.00. The van der Waals surface area contributed by atoms with E-state index in [-0.39, 0.29) is 34.8 Å². The first kappa shape index (κ1) is 18.4. The molecule has 0 aromatic heterocycles. The molecule has 0 aliphatic heterocycles. The molecule has 1 aromatic carbocycles. The van der Waals surface area contributed by atoms with Crippen molar-refractivity contribution in [3.63, 3.8) is 0 Å². The number of hydrogen-bond donors (Lipinski definition) is 4. The maximum atomic E-state index is 13.1. The molecule has 0 saturated carbocycles. The second-order valence-electron chi connectivity index (χ2n) is 8.00. The lowest BCUT2D eigenvalue weighted by Crippen LogP contribution is -2.57. The van der Waals surface area contributed by atoms with Crippen LogP contribution in [0.25, 0.3) is 0 Å². The van der Waals surface area contributed by atoms with Crippen molar-refractivity contribution in [1.82, 2.24) is 0 Å². The van der Waals surface area contributed by atoms with Gasteiger partial charge >= 0.3 is 0 Å². The normalized spacial score (nSPS) is 29.4.